The molecule has 0 aliphatic carbocycles. The standard InChI is InChI=1S/C16H14N6O/c17-22-16(23)13-9-14(19-12-6-2-1-3-7-12)21-15(20-13)11-5-4-8-18-10-11/h1-10H,17H2,(H,22,23)(H,19,20,21). The number of benzene rings is 1. The van der Waals surface area contributed by atoms with E-state index in [0.717, 1.165) is 5.69 Å². The van der Waals surface area contributed by atoms with Crippen LogP contribution >= 0.6 is 0 Å². The molecule has 0 aliphatic heterocycles. The maximum atomic E-state index is 11.8. The van der Waals surface area contributed by atoms with E-state index in [1.807, 2.05) is 36.4 Å². The molecule has 23 heavy (non-hydrogen) atoms. The van der Waals surface area contributed by atoms with Crippen molar-refractivity contribution < 1.29 is 4.79 Å². The maximum Gasteiger partial charge on any atom is 0.283 e. The van der Waals surface area contributed by atoms with Crippen molar-refractivity contribution in [2.75, 3.05) is 5.32 Å². The summed E-state index contributed by atoms with van der Waals surface area (Å²) in [6.45, 7) is 0. The third-order valence-corrected chi connectivity index (χ3v) is 3.06. The minimum absolute atomic E-state index is 0.166. The van der Waals surface area contributed by atoms with Crippen molar-refractivity contribution in [3.8, 4) is 11.4 Å². The van der Waals surface area contributed by atoms with Gasteiger partial charge in [-0.05, 0) is 24.3 Å². The number of pyridine rings is 1. The van der Waals surface area contributed by atoms with E-state index in [1.54, 1.807) is 18.5 Å². The lowest BCUT2D eigenvalue weighted by Crippen LogP contribution is -2.31. The fourth-order valence-corrected chi connectivity index (χ4v) is 2.00. The lowest BCUT2D eigenvalue weighted by atomic mass is 10.2. The highest BCUT2D eigenvalue weighted by Crippen LogP contribution is 2.20. The normalized spacial score (nSPS) is 10.1. The fourth-order valence-electron chi connectivity index (χ4n) is 2.00. The molecule has 0 unspecified atom stereocenters. The molecule has 0 bridgehead atoms. The van der Waals surface area contributed by atoms with E-state index in [1.165, 1.54) is 6.07 Å². The summed E-state index contributed by atoms with van der Waals surface area (Å²) in [5, 5.41) is 3.14. The second kappa shape index (κ2) is 6.63. The number of nitrogens with two attached hydrogens (primary N) is 1. The Bertz CT molecular complexity index is 807. The Morgan fingerprint density at radius 3 is 2.57 bits per heavy atom. The first-order chi connectivity index (χ1) is 11.3. The first kappa shape index (κ1) is 14.6. The zero-order chi connectivity index (χ0) is 16.1. The highest BCUT2D eigenvalue weighted by atomic mass is 16.2. The summed E-state index contributed by atoms with van der Waals surface area (Å²) in [5.41, 5.74) is 3.80. The van der Waals surface area contributed by atoms with Crippen LogP contribution in [0.15, 0.2) is 60.9 Å². The van der Waals surface area contributed by atoms with E-state index < -0.39 is 5.91 Å². The monoisotopic (exact) mass is 306 g/mol. The molecule has 2 aromatic heterocycles. The molecule has 114 valence electrons. The van der Waals surface area contributed by atoms with Crippen LogP contribution in [0.4, 0.5) is 11.5 Å². The van der Waals surface area contributed by atoms with Gasteiger partial charge < -0.3 is 5.32 Å². The number of carbonyl (C=O) groups is 1. The number of hydrogen-bond donors (Lipinski definition) is 3. The van der Waals surface area contributed by atoms with Crippen molar-refractivity contribution in [3.63, 3.8) is 0 Å². The Balaban J connectivity index is 2.03. The van der Waals surface area contributed by atoms with Gasteiger partial charge in [0.1, 0.15) is 11.5 Å². The molecule has 2 heterocycles. The van der Waals surface area contributed by atoms with Crippen molar-refractivity contribution in [1.29, 1.82) is 0 Å². The van der Waals surface area contributed by atoms with Crippen molar-refractivity contribution in [2.24, 2.45) is 5.84 Å². The van der Waals surface area contributed by atoms with Gasteiger partial charge in [0.25, 0.3) is 5.91 Å². The highest BCUT2D eigenvalue weighted by Gasteiger charge is 2.12. The number of aromatic nitrogens is 3. The molecular weight excluding hydrogens is 292 g/mol. The summed E-state index contributed by atoms with van der Waals surface area (Å²) in [6, 6.07) is 14.6. The van der Waals surface area contributed by atoms with Crippen molar-refractivity contribution in [2.45, 2.75) is 0 Å². The van der Waals surface area contributed by atoms with Gasteiger partial charge in [-0.25, -0.2) is 15.8 Å². The average Bonchev–Trinajstić information content (AvgIpc) is 2.62. The van der Waals surface area contributed by atoms with Gasteiger partial charge in [0, 0.05) is 29.7 Å². The Morgan fingerprint density at radius 2 is 1.87 bits per heavy atom. The van der Waals surface area contributed by atoms with Crippen LogP contribution in [0.2, 0.25) is 0 Å². The van der Waals surface area contributed by atoms with Crippen molar-refractivity contribution >= 4 is 17.4 Å². The summed E-state index contributed by atoms with van der Waals surface area (Å²) in [4.78, 5) is 24.5. The second-order valence-corrected chi connectivity index (χ2v) is 4.67. The van der Waals surface area contributed by atoms with E-state index >= 15 is 0 Å². The molecule has 3 rings (SSSR count). The summed E-state index contributed by atoms with van der Waals surface area (Å²) >= 11 is 0. The van der Waals surface area contributed by atoms with Gasteiger partial charge in [0.15, 0.2) is 5.82 Å². The summed E-state index contributed by atoms with van der Waals surface area (Å²) < 4.78 is 0. The van der Waals surface area contributed by atoms with Gasteiger partial charge in [-0.15, -0.1) is 0 Å². The molecule has 1 aromatic carbocycles. The molecule has 0 spiro atoms. The molecule has 1 amide bonds. The van der Waals surface area contributed by atoms with Crippen LogP contribution in [-0.2, 0) is 0 Å². The van der Waals surface area contributed by atoms with Gasteiger partial charge in [-0.2, -0.15) is 0 Å². The largest absolute Gasteiger partial charge is 0.340 e. The van der Waals surface area contributed by atoms with Crippen LogP contribution in [-0.4, -0.2) is 20.9 Å². The van der Waals surface area contributed by atoms with E-state index in [2.05, 4.69) is 25.7 Å². The number of nitrogens with zero attached hydrogens (tertiary/aromatic N) is 3. The SMILES string of the molecule is NNC(=O)c1cc(Nc2ccccc2)nc(-c2cccnc2)n1. The van der Waals surface area contributed by atoms with Crippen LogP contribution in [0.25, 0.3) is 11.4 Å². The number of nitrogen functional groups attached to an aromatic ring is 1. The first-order valence-corrected chi connectivity index (χ1v) is 6.89. The molecule has 0 fully saturated rings. The van der Waals surface area contributed by atoms with Crippen LogP contribution in [0, 0.1) is 0 Å². The number of rotatable bonds is 4. The van der Waals surface area contributed by atoms with Gasteiger partial charge in [-0.1, -0.05) is 18.2 Å². The second-order valence-electron chi connectivity index (χ2n) is 4.67. The lowest BCUT2D eigenvalue weighted by Gasteiger charge is -2.09. The van der Waals surface area contributed by atoms with Crippen molar-refractivity contribution in [1.82, 2.24) is 20.4 Å². The Labute approximate surface area is 132 Å². The average molecular weight is 306 g/mol. The Hall–Kier alpha value is -3.32. The molecule has 3 aromatic rings. The summed E-state index contributed by atoms with van der Waals surface area (Å²) in [7, 11) is 0. The van der Waals surface area contributed by atoms with Gasteiger partial charge in [0.2, 0.25) is 0 Å². The first-order valence-electron chi connectivity index (χ1n) is 6.89. The van der Waals surface area contributed by atoms with E-state index in [-0.39, 0.29) is 5.69 Å². The number of para-hydroxylation sites is 1. The molecular formula is C16H14N6O. The van der Waals surface area contributed by atoms with Gasteiger partial charge >= 0.3 is 0 Å². The molecule has 0 saturated carbocycles. The maximum absolute atomic E-state index is 11.8. The van der Waals surface area contributed by atoms with Crippen LogP contribution in [0.5, 0.6) is 0 Å². The molecule has 0 saturated heterocycles. The van der Waals surface area contributed by atoms with Crippen molar-refractivity contribution in [3.05, 3.63) is 66.6 Å². The zero-order valence-electron chi connectivity index (χ0n) is 12.1. The van der Waals surface area contributed by atoms with Crippen LogP contribution in [0.3, 0.4) is 0 Å². The molecule has 0 aliphatic rings. The quantitative estimate of drug-likeness (QED) is 0.386. The summed E-state index contributed by atoms with van der Waals surface area (Å²) in [6.07, 6.45) is 3.29. The molecule has 0 radical (unpaired) electrons. The number of amides is 1. The minimum Gasteiger partial charge on any atom is -0.340 e. The van der Waals surface area contributed by atoms with Crippen LogP contribution < -0.4 is 16.6 Å². The number of anilines is 2. The van der Waals surface area contributed by atoms with E-state index in [0.29, 0.717) is 17.2 Å². The number of hydrazine groups is 1. The molecule has 4 N–H and O–H groups in total. The predicted octanol–water partition coefficient (Wildman–Crippen LogP) is 1.89. The van der Waals surface area contributed by atoms with Gasteiger partial charge in [-0.3, -0.25) is 15.2 Å². The molecule has 7 nitrogen and oxygen atoms in total. The van der Waals surface area contributed by atoms with Crippen LogP contribution in [0.1, 0.15) is 10.5 Å². The molecule has 7 heteroatoms. The Morgan fingerprint density at radius 1 is 1.04 bits per heavy atom. The predicted molar refractivity (Wildman–Crippen MR) is 86.6 cm³/mol. The topological polar surface area (TPSA) is 106 Å². The number of hydrogen-bond acceptors (Lipinski definition) is 6. The highest BCUT2D eigenvalue weighted by molar-refractivity contribution is 5.93. The Kier molecular flexibility index (Phi) is 4.21. The summed E-state index contributed by atoms with van der Waals surface area (Å²) in [5.74, 6) is 5.59. The lowest BCUT2D eigenvalue weighted by molar-refractivity contribution is 0.0948. The van der Waals surface area contributed by atoms with E-state index in [9.17, 15) is 4.79 Å². The fraction of sp³-hybridized carbons (Fsp3) is 0. The van der Waals surface area contributed by atoms with Gasteiger partial charge in [0.05, 0.1) is 0 Å². The third-order valence-electron chi connectivity index (χ3n) is 3.06. The third kappa shape index (κ3) is 3.47. The zero-order valence-corrected chi connectivity index (χ0v) is 12.1. The number of nitrogens with one attached hydrogen (secondary N) is 2. The van der Waals surface area contributed by atoms with E-state index in [4.69, 9.17) is 5.84 Å². The smallest absolute Gasteiger partial charge is 0.283 e. The molecule has 0 atom stereocenters. The number of carbonyl (C=O) groups excluding carboxylic acids is 1. The minimum atomic E-state index is -0.492.